The molecular formula is C34H37FN2O5. The highest BCUT2D eigenvalue weighted by Crippen LogP contribution is 2.42. The fraction of sp³-hybridized carbons (Fsp3) is 0.294. The largest absolute Gasteiger partial charge is 0.469 e. The Morgan fingerprint density at radius 3 is 2.10 bits per heavy atom. The number of hydrogen-bond acceptors (Lipinski definition) is 5. The zero-order valence-electron chi connectivity index (χ0n) is 24.1. The SMILES string of the molecule is COC(=O)C[C@@H](O)C[C@@H](O)CCn1c(-c2ccc(F)cc2)c(-c2ccccc2)c(C(=O)Nc2ccccc2)c1C(C)C. The molecule has 0 aliphatic rings. The molecule has 7 nitrogen and oxygen atoms in total. The van der Waals surface area contributed by atoms with Crippen LogP contribution in [0.2, 0.25) is 0 Å². The van der Waals surface area contributed by atoms with Gasteiger partial charge in [-0.05, 0) is 66.3 Å². The maximum absolute atomic E-state index is 14.1. The van der Waals surface area contributed by atoms with Crippen LogP contribution < -0.4 is 5.32 Å². The van der Waals surface area contributed by atoms with E-state index in [1.165, 1.54) is 19.2 Å². The normalized spacial score (nSPS) is 12.6. The third-order valence-corrected chi connectivity index (χ3v) is 7.15. The number of carbonyl (C=O) groups excluding carboxylic acids is 2. The van der Waals surface area contributed by atoms with E-state index in [1.54, 1.807) is 12.1 Å². The Kier molecular flexibility index (Phi) is 10.3. The summed E-state index contributed by atoms with van der Waals surface area (Å²) in [4.78, 5) is 25.7. The van der Waals surface area contributed by atoms with Crippen LogP contribution in [0.3, 0.4) is 0 Å². The molecular weight excluding hydrogens is 535 g/mol. The van der Waals surface area contributed by atoms with Crippen LogP contribution in [0.1, 0.15) is 55.1 Å². The summed E-state index contributed by atoms with van der Waals surface area (Å²) in [6.45, 7) is 4.32. The lowest BCUT2D eigenvalue weighted by Gasteiger charge is -2.20. The molecule has 0 aliphatic carbocycles. The second-order valence-corrected chi connectivity index (χ2v) is 10.6. The molecule has 42 heavy (non-hydrogen) atoms. The lowest BCUT2D eigenvalue weighted by atomic mass is 9.94. The highest BCUT2D eigenvalue weighted by atomic mass is 19.1. The third-order valence-electron chi connectivity index (χ3n) is 7.15. The van der Waals surface area contributed by atoms with Crippen LogP contribution in [0.5, 0.6) is 0 Å². The molecule has 4 rings (SSSR count). The summed E-state index contributed by atoms with van der Waals surface area (Å²) < 4.78 is 20.7. The van der Waals surface area contributed by atoms with E-state index in [0.29, 0.717) is 23.4 Å². The zero-order chi connectivity index (χ0) is 30.2. The van der Waals surface area contributed by atoms with Gasteiger partial charge in [-0.2, -0.15) is 0 Å². The third kappa shape index (κ3) is 7.32. The maximum Gasteiger partial charge on any atom is 0.308 e. The van der Waals surface area contributed by atoms with Crippen molar-refractivity contribution >= 4 is 17.6 Å². The van der Waals surface area contributed by atoms with Crippen molar-refractivity contribution in [2.24, 2.45) is 0 Å². The molecule has 0 saturated carbocycles. The Labute approximate surface area is 245 Å². The summed E-state index contributed by atoms with van der Waals surface area (Å²) >= 11 is 0. The molecule has 1 amide bonds. The number of aliphatic hydroxyl groups is 2. The zero-order valence-corrected chi connectivity index (χ0v) is 24.1. The molecule has 1 aromatic heterocycles. The van der Waals surface area contributed by atoms with Gasteiger partial charge >= 0.3 is 5.97 Å². The van der Waals surface area contributed by atoms with Gasteiger partial charge in [0.25, 0.3) is 5.91 Å². The van der Waals surface area contributed by atoms with Gasteiger partial charge in [-0.25, -0.2) is 4.39 Å². The molecule has 0 saturated heterocycles. The number of hydrogen-bond donors (Lipinski definition) is 3. The van der Waals surface area contributed by atoms with E-state index in [0.717, 1.165) is 22.5 Å². The van der Waals surface area contributed by atoms with Gasteiger partial charge in [0, 0.05) is 23.5 Å². The van der Waals surface area contributed by atoms with Gasteiger partial charge in [0.2, 0.25) is 0 Å². The van der Waals surface area contributed by atoms with Crippen molar-refractivity contribution in [3.63, 3.8) is 0 Å². The van der Waals surface area contributed by atoms with Gasteiger partial charge in [0.1, 0.15) is 5.82 Å². The van der Waals surface area contributed by atoms with Gasteiger partial charge in [-0.3, -0.25) is 9.59 Å². The molecule has 4 aromatic rings. The van der Waals surface area contributed by atoms with E-state index in [2.05, 4.69) is 10.1 Å². The fourth-order valence-electron chi connectivity index (χ4n) is 5.28. The number of benzene rings is 3. The molecule has 0 aliphatic heterocycles. The Morgan fingerprint density at radius 1 is 0.881 bits per heavy atom. The van der Waals surface area contributed by atoms with Gasteiger partial charge in [0.05, 0.1) is 37.0 Å². The van der Waals surface area contributed by atoms with Gasteiger partial charge in [0.15, 0.2) is 0 Å². The van der Waals surface area contributed by atoms with Crippen molar-refractivity contribution in [2.45, 2.75) is 57.8 Å². The number of rotatable bonds is 12. The predicted molar refractivity (Wildman–Crippen MR) is 162 cm³/mol. The molecule has 2 atom stereocenters. The summed E-state index contributed by atoms with van der Waals surface area (Å²) in [7, 11) is 1.25. The van der Waals surface area contributed by atoms with E-state index in [1.807, 2.05) is 79.1 Å². The number of halogens is 1. The first kappa shape index (κ1) is 30.7. The Balaban J connectivity index is 1.86. The highest BCUT2D eigenvalue weighted by molar-refractivity contribution is 6.12. The monoisotopic (exact) mass is 572 g/mol. The number of carbonyl (C=O) groups is 2. The number of aromatic nitrogens is 1. The number of amides is 1. The van der Waals surface area contributed by atoms with Gasteiger partial charge in [-0.1, -0.05) is 62.4 Å². The molecule has 8 heteroatoms. The van der Waals surface area contributed by atoms with Gasteiger partial charge < -0.3 is 24.8 Å². The maximum atomic E-state index is 14.1. The minimum atomic E-state index is -1.05. The van der Waals surface area contributed by atoms with E-state index in [9.17, 15) is 24.2 Å². The molecule has 3 N–H and O–H groups in total. The standard InChI is InChI=1S/C34H37FN2O5/c1-22(2)32-31(34(41)36-26-12-8-5-9-13-26)30(23-10-6-4-7-11-23)33(24-14-16-25(35)17-15-24)37(32)19-18-27(38)20-28(39)21-29(40)42-3/h4-17,22,27-28,38-39H,18-21H2,1-3H3,(H,36,41)/t27-,28-/m0/s1. The van der Waals surface area contributed by atoms with Crippen molar-refractivity contribution in [2.75, 3.05) is 12.4 Å². The topological polar surface area (TPSA) is 101 Å². The minimum Gasteiger partial charge on any atom is -0.469 e. The van der Waals surface area contributed by atoms with Crippen molar-refractivity contribution in [3.8, 4) is 22.4 Å². The summed E-state index contributed by atoms with van der Waals surface area (Å²) in [5.74, 6) is -1.30. The molecule has 0 spiro atoms. The van der Waals surface area contributed by atoms with E-state index < -0.39 is 18.2 Å². The highest BCUT2D eigenvalue weighted by Gasteiger charge is 2.31. The van der Waals surface area contributed by atoms with Crippen molar-refractivity contribution in [1.29, 1.82) is 0 Å². The van der Waals surface area contributed by atoms with Gasteiger partial charge in [-0.15, -0.1) is 0 Å². The first-order valence-electron chi connectivity index (χ1n) is 14.1. The average Bonchev–Trinajstić information content (AvgIpc) is 3.33. The number of methoxy groups -OCH3 is 1. The summed E-state index contributed by atoms with van der Waals surface area (Å²) in [5, 5.41) is 24.2. The van der Waals surface area contributed by atoms with Crippen molar-refractivity contribution in [3.05, 3.63) is 102 Å². The molecule has 3 aromatic carbocycles. The first-order chi connectivity index (χ1) is 20.2. The first-order valence-corrected chi connectivity index (χ1v) is 14.1. The van der Waals surface area contributed by atoms with E-state index in [-0.39, 0.29) is 36.9 Å². The number of aliphatic hydroxyl groups excluding tert-OH is 2. The Hall–Kier alpha value is -4.27. The Bertz CT molecular complexity index is 1480. The van der Waals surface area contributed by atoms with Crippen LogP contribution in [-0.4, -0.2) is 46.0 Å². The number of nitrogens with one attached hydrogen (secondary N) is 1. The smallest absolute Gasteiger partial charge is 0.308 e. The number of para-hydroxylation sites is 1. The Morgan fingerprint density at radius 2 is 1.50 bits per heavy atom. The minimum absolute atomic E-state index is 0.00778. The van der Waals surface area contributed by atoms with Crippen LogP contribution in [0.15, 0.2) is 84.9 Å². The number of anilines is 1. The van der Waals surface area contributed by atoms with E-state index >= 15 is 0 Å². The lowest BCUT2D eigenvalue weighted by molar-refractivity contribution is -0.143. The predicted octanol–water partition coefficient (Wildman–Crippen LogP) is 6.40. The van der Waals surface area contributed by atoms with Crippen LogP contribution in [0.4, 0.5) is 10.1 Å². The number of ether oxygens (including phenoxy) is 1. The lowest BCUT2D eigenvalue weighted by Crippen LogP contribution is -2.23. The summed E-state index contributed by atoms with van der Waals surface area (Å²) in [6, 6.07) is 25.0. The average molecular weight is 573 g/mol. The molecule has 0 unspecified atom stereocenters. The van der Waals surface area contributed by atoms with Crippen molar-refractivity contribution in [1.82, 2.24) is 4.57 Å². The second-order valence-electron chi connectivity index (χ2n) is 10.6. The van der Waals surface area contributed by atoms with Crippen LogP contribution >= 0.6 is 0 Å². The number of esters is 1. The second kappa shape index (κ2) is 14.1. The van der Waals surface area contributed by atoms with E-state index in [4.69, 9.17) is 0 Å². The molecule has 0 fully saturated rings. The summed E-state index contributed by atoms with van der Waals surface area (Å²) in [5.41, 5.74) is 4.90. The molecule has 220 valence electrons. The molecule has 1 heterocycles. The quantitative estimate of drug-likeness (QED) is 0.171. The number of nitrogens with zero attached hydrogens (tertiary/aromatic N) is 1. The van der Waals surface area contributed by atoms with Crippen LogP contribution in [-0.2, 0) is 16.1 Å². The fourth-order valence-corrected chi connectivity index (χ4v) is 5.28. The summed E-state index contributed by atoms with van der Waals surface area (Å²) in [6.07, 6.45) is -1.95. The molecule has 0 bridgehead atoms. The van der Waals surface area contributed by atoms with Crippen LogP contribution in [0, 0.1) is 5.82 Å². The molecule has 0 radical (unpaired) electrons. The van der Waals surface area contributed by atoms with Crippen LogP contribution in [0.25, 0.3) is 22.4 Å². The van der Waals surface area contributed by atoms with Crippen molar-refractivity contribution < 1.29 is 28.9 Å².